The van der Waals surface area contributed by atoms with Crippen LogP contribution in [0.2, 0.25) is 0 Å². The van der Waals surface area contributed by atoms with Gasteiger partial charge in [-0.05, 0) is 25.0 Å². The van der Waals surface area contributed by atoms with Gasteiger partial charge in [0.1, 0.15) is 0 Å². The average Bonchev–Trinajstić information content (AvgIpc) is 2.53. The summed E-state index contributed by atoms with van der Waals surface area (Å²) in [5.41, 5.74) is 2.27. The number of nitrogens with zero attached hydrogens (tertiary/aromatic N) is 1. The van der Waals surface area contributed by atoms with E-state index in [2.05, 4.69) is 27.7 Å². The van der Waals surface area contributed by atoms with Crippen molar-refractivity contribution in [2.24, 2.45) is 0 Å². The van der Waals surface area contributed by atoms with Crippen LogP contribution in [0.1, 0.15) is 25.0 Å². The normalized spacial score (nSPS) is 14.6. The molecule has 1 aliphatic rings. The van der Waals surface area contributed by atoms with Crippen LogP contribution in [-0.4, -0.2) is 49.6 Å². The molecule has 1 aromatic carbocycles. The Kier molecular flexibility index (Phi) is 12.1. The standard InChI is InChI=1S/C17H27N3O2.2ClH/c1-14(2)22-13-16-5-3-15(4-6-16)11-19-17(21)12-20-9-7-18-8-10-20;;/h3-6,14,18H,7-13H2,1-2H3,(H,19,21);2*1H. The lowest BCUT2D eigenvalue weighted by Crippen LogP contribution is -2.47. The molecule has 0 unspecified atom stereocenters. The molecule has 1 fully saturated rings. The summed E-state index contributed by atoms with van der Waals surface area (Å²) in [6, 6.07) is 8.20. The summed E-state index contributed by atoms with van der Waals surface area (Å²) in [7, 11) is 0. The van der Waals surface area contributed by atoms with Gasteiger partial charge in [-0.15, -0.1) is 24.8 Å². The summed E-state index contributed by atoms with van der Waals surface area (Å²) in [5.74, 6) is 0.0918. The van der Waals surface area contributed by atoms with Crippen LogP contribution in [0.15, 0.2) is 24.3 Å². The predicted octanol–water partition coefficient (Wildman–Crippen LogP) is 1.98. The first kappa shape index (κ1) is 23.1. The zero-order chi connectivity index (χ0) is 15.8. The third kappa shape index (κ3) is 8.85. The zero-order valence-electron chi connectivity index (χ0n) is 14.4. The summed E-state index contributed by atoms with van der Waals surface area (Å²) < 4.78 is 5.57. The molecule has 0 atom stereocenters. The van der Waals surface area contributed by atoms with Gasteiger partial charge < -0.3 is 15.4 Å². The van der Waals surface area contributed by atoms with Gasteiger partial charge in [0.2, 0.25) is 5.91 Å². The summed E-state index contributed by atoms with van der Waals surface area (Å²) in [5, 5.41) is 6.27. The molecular weight excluding hydrogens is 349 g/mol. The van der Waals surface area contributed by atoms with Crippen molar-refractivity contribution in [1.82, 2.24) is 15.5 Å². The van der Waals surface area contributed by atoms with E-state index in [1.54, 1.807) is 0 Å². The number of hydrogen-bond donors (Lipinski definition) is 2. The Morgan fingerprint density at radius 2 is 1.75 bits per heavy atom. The largest absolute Gasteiger partial charge is 0.374 e. The molecule has 0 aliphatic carbocycles. The molecule has 2 rings (SSSR count). The van der Waals surface area contributed by atoms with Crippen molar-refractivity contribution in [3.63, 3.8) is 0 Å². The van der Waals surface area contributed by atoms with Crippen molar-refractivity contribution in [2.75, 3.05) is 32.7 Å². The van der Waals surface area contributed by atoms with Gasteiger partial charge in [0.05, 0.1) is 19.3 Å². The quantitative estimate of drug-likeness (QED) is 0.762. The lowest BCUT2D eigenvalue weighted by atomic mass is 10.1. The van der Waals surface area contributed by atoms with E-state index in [4.69, 9.17) is 4.74 Å². The van der Waals surface area contributed by atoms with Gasteiger partial charge in [-0.3, -0.25) is 9.69 Å². The number of carbonyl (C=O) groups is 1. The molecule has 5 nitrogen and oxygen atoms in total. The third-order valence-electron chi connectivity index (χ3n) is 3.67. The molecule has 7 heteroatoms. The monoisotopic (exact) mass is 377 g/mol. The molecule has 0 saturated carbocycles. The highest BCUT2D eigenvalue weighted by molar-refractivity contribution is 5.85. The maximum Gasteiger partial charge on any atom is 0.234 e. The Bertz CT molecular complexity index is 463. The maximum absolute atomic E-state index is 11.9. The minimum absolute atomic E-state index is 0. The fourth-order valence-electron chi connectivity index (χ4n) is 2.35. The molecule has 0 spiro atoms. The van der Waals surface area contributed by atoms with E-state index in [0.29, 0.717) is 19.7 Å². The van der Waals surface area contributed by atoms with Crippen LogP contribution in [-0.2, 0) is 22.7 Å². The fraction of sp³-hybridized carbons (Fsp3) is 0.588. The molecule has 1 heterocycles. The second kappa shape index (κ2) is 12.5. The molecule has 1 aromatic rings. The van der Waals surface area contributed by atoms with Crippen molar-refractivity contribution in [1.29, 1.82) is 0 Å². The zero-order valence-corrected chi connectivity index (χ0v) is 16.0. The molecular formula is C17H29Cl2N3O2. The van der Waals surface area contributed by atoms with Crippen LogP contribution >= 0.6 is 24.8 Å². The number of benzene rings is 1. The minimum atomic E-state index is 0. The number of hydrogen-bond acceptors (Lipinski definition) is 4. The summed E-state index contributed by atoms with van der Waals surface area (Å²) in [4.78, 5) is 14.1. The number of piperazine rings is 1. The number of carbonyl (C=O) groups excluding carboxylic acids is 1. The predicted molar refractivity (Wildman–Crippen MR) is 102 cm³/mol. The first-order valence-corrected chi connectivity index (χ1v) is 8.02. The van der Waals surface area contributed by atoms with Gasteiger partial charge in [-0.2, -0.15) is 0 Å². The van der Waals surface area contributed by atoms with Crippen molar-refractivity contribution in [2.45, 2.75) is 33.1 Å². The Hall–Kier alpha value is -0.850. The van der Waals surface area contributed by atoms with Gasteiger partial charge in [0.25, 0.3) is 0 Å². The maximum atomic E-state index is 11.9. The second-order valence-electron chi connectivity index (χ2n) is 5.98. The Morgan fingerprint density at radius 3 is 2.33 bits per heavy atom. The van der Waals surface area contributed by atoms with Crippen molar-refractivity contribution < 1.29 is 9.53 Å². The van der Waals surface area contributed by atoms with E-state index in [1.807, 2.05) is 26.0 Å². The lowest BCUT2D eigenvalue weighted by molar-refractivity contribution is -0.122. The van der Waals surface area contributed by atoms with Crippen LogP contribution in [0.4, 0.5) is 0 Å². The molecule has 24 heavy (non-hydrogen) atoms. The highest BCUT2D eigenvalue weighted by Gasteiger charge is 2.12. The highest BCUT2D eigenvalue weighted by Crippen LogP contribution is 2.07. The first-order valence-electron chi connectivity index (χ1n) is 8.02. The fourth-order valence-corrected chi connectivity index (χ4v) is 2.35. The van der Waals surface area contributed by atoms with Gasteiger partial charge in [-0.25, -0.2) is 0 Å². The number of halogens is 2. The third-order valence-corrected chi connectivity index (χ3v) is 3.67. The summed E-state index contributed by atoms with van der Waals surface area (Å²) in [6.07, 6.45) is 0.240. The Balaban J connectivity index is 0.00000264. The molecule has 0 aromatic heterocycles. The number of ether oxygens (including phenoxy) is 1. The Labute approximate surface area is 157 Å². The van der Waals surface area contributed by atoms with Crippen LogP contribution in [0, 0.1) is 0 Å². The number of amides is 1. The molecule has 1 saturated heterocycles. The molecule has 0 bridgehead atoms. The van der Waals surface area contributed by atoms with Crippen molar-refractivity contribution in [3.8, 4) is 0 Å². The minimum Gasteiger partial charge on any atom is -0.374 e. The summed E-state index contributed by atoms with van der Waals surface area (Å²) >= 11 is 0. The topological polar surface area (TPSA) is 53.6 Å². The molecule has 0 radical (unpaired) electrons. The molecule has 1 aliphatic heterocycles. The van der Waals surface area contributed by atoms with E-state index < -0.39 is 0 Å². The van der Waals surface area contributed by atoms with E-state index >= 15 is 0 Å². The molecule has 138 valence electrons. The van der Waals surface area contributed by atoms with E-state index in [1.165, 1.54) is 0 Å². The van der Waals surface area contributed by atoms with Crippen LogP contribution in [0.25, 0.3) is 0 Å². The number of rotatable bonds is 7. The van der Waals surface area contributed by atoms with Crippen LogP contribution in [0.3, 0.4) is 0 Å². The smallest absolute Gasteiger partial charge is 0.234 e. The van der Waals surface area contributed by atoms with E-state index in [-0.39, 0.29) is 36.8 Å². The van der Waals surface area contributed by atoms with Crippen LogP contribution < -0.4 is 10.6 Å². The number of nitrogens with one attached hydrogen (secondary N) is 2. The van der Waals surface area contributed by atoms with Crippen molar-refractivity contribution >= 4 is 30.7 Å². The highest BCUT2D eigenvalue weighted by atomic mass is 35.5. The Morgan fingerprint density at radius 1 is 1.17 bits per heavy atom. The van der Waals surface area contributed by atoms with E-state index in [9.17, 15) is 4.79 Å². The SMILES string of the molecule is CC(C)OCc1ccc(CNC(=O)CN2CCNCC2)cc1.Cl.Cl. The van der Waals surface area contributed by atoms with Gasteiger partial charge in [-0.1, -0.05) is 24.3 Å². The second-order valence-corrected chi connectivity index (χ2v) is 5.98. The van der Waals surface area contributed by atoms with Crippen molar-refractivity contribution in [3.05, 3.63) is 35.4 Å². The summed E-state index contributed by atoms with van der Waals surface area (Å²) in [6.45, 7) is 9.58. The molecule has 2 N–H and O–H groups in total. The van der Waals surface area contributed by atoms with Gasteiger partial charge >= 0.3 is 0 Å². The molecule has 1 amide bonds. The lowest BCUT2D eigenvalue weighted by Gasteiger charge is -2.26. The average molecular weight is 378 g/mol. The first-order chi connectivity index (χ1) is 10.6. The van der Waals surface area contributed by atoms with Crippen LogP contribution in [0.5, 0.6) is 0 Å². The van der Waals surface area contributed by atoms with E-state index in [0.717, 1.165) is 37.3 Å². The van der Waals surface area contributed by atoms with Gasteiger partial charge in [0.15, 0.2) is 0 Å². The van der Waals surface area contributed by atoms with Gasteiger partial charge in [0, 0.05) is 32.7 Å².